The van der Waals surface area contributed by atoms with Gasteiger partial charge in [-0.1, -0.05) is 11.8 Å². The van der Waals surface area contributed by atoms with E-state index in [9.17, 15) is 13.6 Å². The number of aromatic nitrogens is 2. The van der Waals surface area contributed by atoms with E-state index in [0.29, 0.717) is 5.17 Å². The molecule has 4 rings (SSSR count). The highest BCUT2D eigenvalue weighted by Gasteiger charge is 2.57. The summed E-state index contributed by atoms with van der Waals surface area (Å²) in [6.07, 6.45) is -1.62. The van der Waals surface area contributed by atoms with Crippen LogP contribution in [0.5, 0.6) is 5.88 Å². The van der Waals surface area contributed by atoms with E-state index in [2.05, 4.69) is 25.5 Å². The summed E-state index contributed by atoms with van der Waals surface area (Å²) in [5.41, 5.74) is -0.988. The van der Waals surface area contributed by atoms with Gasteiger partial charge in [-0.15, -0.1) is 0 Å². The van der Waals surface area contributed by atoms with Crippen molar-refractivity contribution in [2.75, 3.05) is 31.9 Å². The highest BCUT2D eigenvalue weighted by atomic mass is 32.2. The van der Waals surface area contributed by atoms with Gasteiger partial charge in [-0.2, -0.15) is 0 Å². The van der Waals surface area contributed by atoms with Crippen molar-refractivity contribution in [3.05, 3.63) is 47.7 Å². The number of amides is 1. The van der Waals surface area contributed by atoms with Crippen molar-refractivity contribution >= 4 is 36.1 Å². The number of hydrogen-bond donors (Lipinski definition) is 2. The van der Waals surface area contributed by atoms with Gasteiger partial charge in [0.2, 0.25) is 5.88 Å². The molecule has 0 saturated carbocycles. The normalized spacial score (nSPS) is 25.1. The van der Waals surface area contributed by atoms with Crippen LogP contribution in [0.3, 0.4) is 0 Å². The standard InChI is InChI=1S/C20H20BF3N5O4S/c1-31-15-7-25-14(6-26-15)18(30)27-10-3-4-13(22)11(5-10)20-9-33-16(17(23)24)12(20)8-34-19(28-20)29-21-32-2/h3-7,12,16-17H,8-9H2,1-2H3,(H,27,30)(H,28,29)/t12-,16+,20-/m1/s1. The van der Waals surface area contributed by atoms with Crippen LogP contribution in [0, 0.1) is 11.7 Å². The molecule has 2 fully saturated rings. The largest absolute Gasteiger partial charge is 0.480 e. The maximum atomic E-state index is 15.1. The Bertz CT molecular complexity index is 1080. The van der Waals surface area contributed by atoms with Gasteiger partial charge in [0.25, 0.3) is 12.3 Å². The lowest BCUT2D eigenvalue weighted by Gasteiger charge is -2.41. The van der Waals surface area contributed by atoms with Crippen LogP contribution < -0.4 is 15.4 Å². The van der Waals surface area contributed by atoms with Crippen LogP contribution in [-0.2, 0) is 14.9 Å². The van der Waals surface area contributed by atoms with E-state index in [0.717, 1.165) is 6.07 Å². The SMILES string of the molecule is CO[B]N=C1N[C@@]2(c3cc(NC(=O)c4cnc(OC)cn4)ccc3F)CO[C@H](C(F)F)[C@H]2CS1. The fraction of sp³-hybridized carbons (Fsp3) is 0.400. The van der Waals surface area contributed by atoms with Gasteiger partial charge in [-0.05, 0) is 18.2 Å². The molecule has 2 N–H and O–H groups in total. The lowest BCUT2D eigenvalue weighted by molar-refractivity contribution is -0.0359. The van der Waals surface area contributed by atoms with Gasteiger partial charge in [-0.25, -0.2) is 23.1 Å². The molecule has 34 heavy (non-hydrogen) atoms. The molecule has 14 heteroatoms. The first-order valence-electron chi connectivity index (χ1n) is 10.1. The Morgan fingerprint density at radius 2 is 2.21 bits per heavy atom. The van der Waals surface area contributed by atoms with E-state index in [-0.39, 0.29) is 35.2 Å². The maximum absolute atomic E-state index is 15.1. The van der Waals surface area contributed by atoms with E-state index in [1.165, 1.54) is 58.1 Å². The number of benzene rings is 1. The number of alkyl halides is 2. The summed E-state index contributed by atoms with van der Waals surface area (Å²) in [5.74, 6) is -1.52. The third kappa shape index (κ3) is 4.70. The van der Waals surface area contributed by atoms with Gasteiger partial charge < -0.3 is 24.8 Å². The molecular formula is C20H20BF3N5O4S. The number of thioether (sulfide) groups is 1. The first-order chi connectivity index (χ1) is 16.4. The monoisotopic (exact) mass is 494 g/mol. The molecule has 0 unspecified atom stereocenters. The minimum Gasteiger partial charge on any atom is -0.480 e. The number of rotatable bonds is 7. The maximum Gasteiger partial charge on any atom is 0.461 e. The van der Waals surface area contributed by atoms with Gasteiger partial charge in [0.15, 0.2) is 0 Å². The van der Waals surface area contributed by atoms with Crippen molar-refractivity contribution < 1.29 is 32.1 Å². The minimum atomic E-state index is -2.75. The number of amidine groups is 1. The summed E-state index contributed by atoms with van der Waals surface area (Å²) in [4.78, 5) is 24.6. The quantitative estimate of drug-likeness (QED) is 0.565. The predicted octanol–water partition coefficient (Wildman–Crippen LogP) is 2.22. The van der Waals surface area contributed by atoms with Crippen LogP contribution >= 0.6 is 11.8 Å². The van der Waals surface area contributed by atoms with Crippen LogP contribution in [0.15, 0.2) is 35.5 Å². The van der Waals surface area contributed by atoms with Crippen molar-refractivity contribution in [1.29, 1.82) is 0 Å². The van der Waals surface area contributed by atoms with Gasteiger partial charge >= 0.3 is 7.62 Å². The lowest BCUT2D eigenvalue weighted by atomic mass is 9.78. The van der Waals surface area contributed by atoms with Crippen LogP contribution in [0.1, 0.15) is 16.1 Å². The molecule has 2 aliphatic heterocycles. The highest BCUT2D eigenvalue weighted by molar-refractivity contribution is 8.13. The van der Waals surface area contributed by atoms with Crippen LogP contribution in [-0.4, -0.2) is 67.8 Å². The molecule has 3 heterocycles. The molecule has 2 aliphatic rings. The molecule has 1 amide bonds. The van der Waals surface area contributed by atoms with Gasteiger partial charge in [0, 0.05) is 30.0 Å². The number of methoxy groups -OCH3 is 1. The molecule has 2 aromatic rings. The molecule has 0 spiro atoms. The fourth-order valence-electron chi connectivity index (χ4n) is 3.93. The second kappa shape index (κ2) is 10.2. The van der Waals surface area contributed by atoms with Crippen molar-refractivity contribution in [2.45, 2.75) is 18.1 Å². The molecule has 3 atom stereocenters. The fourth-order valence-corrected chi connectivity index (χ4v) is 5.12. The Morgan fingerprint density at radius 1 is 1.38 bits per heavy atom. The van der Waals surface area contributed by atoms with Crippen LogP contribution in [0.25, 0.3) is 0 Å². The Hall–Kier alpha value is -2.84. The van der Waals surface area contributed by atoms with E-state index in [4.69, 9.17) is 14.1 Å². The number of carbonyl (C=O) groups excluding carboxylic acids is 1. The van der Waals surface area contributed by atoms with Gasteiger partial charge in [-0.3, -0.25) is 9.70 Å². The molecule has 179 valence electrons. The third-order valence-corrected chi connectivity index (χ3v) is 6.57. The van der Waals surface area contributed by atoms with Gasteiger partial charge in [0.05, 0.1) is 31.6 Å². The highest BCUT2D eigenvalue weighted by Crippen LogP contribution is 2.47. The van der Waals surface area contributed by atoms with Crippen molar-refractivity contribution in [1.82, 2.24) is 15.3 Å². The molecule has 2 saturated heterocycles. The number of hydrogen-bond acceptors (Lipinski definition) is 8. The topological polar surface area (TPSA) is 107 Å². The molecule has 1 aromatic carbocycles. The number of ether oxygens (including phenoxy) is 2. The zero-order valence-corrected chi connectivity index (χ0v) is 18.9. The molecule has 1 aromatic heterocycles. The number of fused-ring (bicyclic) bond motifs is 1. The van der Waals surface area contributed by atoms with Gasteiger partial charge in [0.1, 0.15) is 22.8 Å². The van der Waals surface area contributed by atoms with Crippen molar-refractivity contribution in [3.8, 4) is 5.88 Å². The first kappa shape index (κ1) is 24.3. The lowest BCUT2D eigenvalue weighted by Crippen LogP contribution is -2.56. The summed E-state index contributed by atoms with van der Waals surface area (Å²) >= 11 is 1.21. The average molecular weight is 494 g/mol. The third-order valence-electron chi connectivity index (χ3n) is 5.56. The Labute approximate surface area is 198 Å². The van der Waals surface area contributed by atoms with Crippen molar-refractivity contribution in [2.24, 2.45) is 10.8 Å². The van der Waals surface area contributed by atoms with Crippen molar-refractivity contribution in [3.63, 3.8) is 0 Å². The number of carbonyl (C=O) groups is 1. The Balaban J connectivity index is 1.66. The Kier molecular flexibility index (Phi) is 7.29. The summed E-state index contributed by atoms with van der Waals surface area (Å²) in [5, 5.41) is 6.09. The number of anilines is 1. The molecule has 0 aliphatic carbocycles. The summed E-state index contributed by atoms with van der Waals surface area (Å²) in [6, 6.07) is 3.92. The molecule has 1 radical (unpaired) electrons. The number of halogens is 3. The van der Waals surface area contributed by atoms with E-state index >= 15 is 4.39 Å². The van der Waals surface area contributed by atoms with E-state index in [1.807, 2.05) is 0 Å². The first-order valence-corrected chi connectivity index (χ1v) is 11.1. The smallest absolute Gasteiger partial charge is 0.461 e. The van der Waals surface area contributed by atoms with E-state index < -0.39 is 35.7 Å². The predicted molar refractivity (Wildman–Crippen MR) is 120 cm³/mol. The van der Waals surface area contributed by atoms with Crippen LogP contribution in [0.4, 0.5) is 18.9 Å². The minimum absolute atomic E-state index is 0.0152. The molecule has 9 nitrogen and oxygen atoms in total. The average Bonchev–Trinajstić information content (AvgIpc) is 3.24. The number of nitrogens with one attached hydrogen (secondary N) is 2. The number of nitrogens with zero attached hydrogens (tertiary/aromatic N) is 3. The molecular weight excluding hydrogens is 474 g/mol. The zero-order chi connectivity index (χ0) is 24.3. The summed E-state index contributed by atoms with van der Waals surface area (Å²) < 4.78 is 57.7. The Morgan fingerprint density at radius 3 is 2.88 bits per heavy atom. The van der Waals surface area contributed by atoms with Crippen LogP contribution in [0.2, 0.25) is 0 Å². The summed E-state index contributed by atoms with van der Waals surface area (Å²) in [7, 11) is 4.02. The zero-order valence-electron chi connectivity index (χ0n) is 18.1. The summed E-state index contributed by atoms with van der Waals surface area (Å²) in [6.45, 7) is -0.211. The second-order valence-electron chi connectivity index (χ2n) is 7.49. The molecule has 0 bridgehead atoms. The van der Waals surface area contributed by atoms with E-state index in [1.54, 1.807) is 0 Å². The second-order valence-corrected chi connectivity index (χ2v) is 8.50.